The van der Waals surface area contributed by atoms with E-state index in [4.69, 9.17) is 20.4 Å². The summed E-state index contributed by atoms with van der Waals surface area (Å²) >= 11 is 0.600. The molecule has 6 rings (SSSR count). The number of nitrogens with zero attached hydrogens (tertiary/aromatic N) is 3. The molecule has 0 spiro atoms. The number of nitrogens with one attached hydrogen (secondary N) is 1. The van der Waals surface area contributed by atoms with E-state index in [9.17, 15) is 9.18 Å². The van der Waals surface area contributed by atoms with E-state index in [1.807, 2.05) is 17.5 Å². The number of ether oxygens (including phenoxy) is 1. The molecule has 0 radical (unpaired) electrons. The van der Waals surface area contributed by atoms with Crippen LogP contribution in [0.3, 0.4) is 0 Å². The molecular weight excluding hydrogens is 540 g/mol. The number of anilines is 1. The second kappa shape index (κ2) is 10.1. The minimum absolute atomic E-state index is 0.0695. The zero-order valence-corrected chi connectivity index (χ0v) is 22.7. The molecule has 1 saturated heterocycles. The summed E-state index contributed by atoms with van der Waals surface area (Å²) in [5.41, 5.74) is 6.62. The number of likely N-dealkylation sites (tertiary alicyclic amines) is 1. The van der Waals surface area contributed by atoms with Gasteiger partial charge in [-0.3, -0.25) is 0 Å². The van der Waals surface area contributed by atoms with Crippen molar-refractivity contribution in [3.63, 3.8) is 0 Å². The van der Waals surface area contributed by atoms with Gasteiger partial charge in [-0.1, -0.05) is 0 Å². The van der Waals surface area contributed by atoms with Crippen LogP contribution in [0.4, 0.5) is 10.2 Å². The van der Waals surface area contributed by atoms with Crippen molar-refractivity contribution in [1.29, 1.82) is 0 Å². The summed E-state index contributed by atoms with van der Waals surface area (Å²) in [6.45, 7) is 3.52. The van der Waals surface area contributed by atoms with Gasteiger partial charge >= 0.3 is 220 Å². The van der Waals surface area contributed by atoms with Gasteiger partial charge in [0, 0.05) is 0 Å². The van der Waals surface area contributed by atoms with E-state index in [0.717, 1.165) is 51.1 Å². The Hall–Kier alpha value is -2.48. The van der Waals surface area contributed by atoms with Crippen LogP contribution in [0.25, 0.3) is 10.2 Å². The van der Waals surface area contributed by atoms with Crippen LogP contribution in [-0.4, -0.2) is 68.8 Å². The molecule has 2 aromatic heterocycles. The van der Waals surface area contributed by atoms with Crippen LogP contribution in [0.1, 0.15) is 19.3 Å². The number of aromatic nitrogens is 2. The standard InChI is InChI=1S/C26H29AsFN5O2S/c28-18-14-17(5-6-20(18)35-11-10-33-8-1-2-9-33)27-26-30-19-7-12-36-23(19)25(32-26)31-22-16-4-3-15(13-16)21(22)24(29)34/h3-7,12,14-16,21-22,27H,1-2,8-11,13H2,(H2,29,34)(H,30,31,32). The summed E-state index contributed by atoms with van der Waals surface area (Å²) in [6, 6.07) is 7.11. The monoisotopic (exact) mass is 569 g/mol. The number of rotatable bonds is 9. The third kappa shape index (κ3) is 4.76. The molecule has 7 nitrogen and oxygen atoms in total. The van der Waals surface area contributed by atoms with Crippen molar-refractivity contribution < 1.29 is 13.9 Å². The molecule has 1 aromatic carbocycles. The van der Waals surface area contributed by atoms with Crippen molar-refractivity contribution in [3.8, 4) is 5.75 Å². The van der Waals surface area contributed by atoms with Crippen LogP contribution >= 0.6 is 11.3 Å². The van der Waals surface area contributed by atoms with Gasteiger partial charge in [-0.2, -0.15) is 0 Å². The Morgan fingerprint density at radius 3 is 2.86 bits per heavy atom. The SMILES string of the molecule is NC(=O)C1C2C=CC(C2)C1Nc1nc([AsH]c2ccc(OCCN3CCCC3)c(F)c2)nc2ccsc12. The molecule has 2 bridgehead atoms. The molecule has 3 heterocycles. The Labute approximate surface area is 220 Å². The maximum atomic E-state index is 14.8. The average molecular weight is 570 g/mol. The van der Waals surface area contributed by atoms with Crippen molar-refractivity contribution >= 4 is 58.0 Å². The van der Waals surface area contributed by atoms with E-state index in [1.54, 1.807) is 23.5 Å². The number of allylic oxidation sites excluding steroid dienone is 1. The molecule has 1 aliphatic heterocycles. The van der Waals surface area contributed by atoms with Gasteiger partial charge in [0.25, 0.3) is 0 Å². The molecular formula is C26H29AsFN5O2S. The molecule has 1 saturated carbocycles. The van der Waals surface area contributed by atoms with Crippen molar-refractivity contribution in [2.75, 3.05) is 31.6 Å². The summed E-state index contributed by atoms with van der Waals surface area (Å²) in [5.74, 6) is 0.646. The Morgan fingerprint density at radius 2 is 2.06 bits per heavy atom. The third-order valence-corrected chi connectivity index (χ3v) is 10.6. The molecule has 188 valence electrons. The number of primary amides is 1. The van der Waals surface area contributed by atoms with Crippen LogP contribution in [-0.2, 0) is 4.79 Å². The first-order valence-corrected chi connectivity index (χ1v) is 15.4. The van der Waals surface area contributed by atoms with Gasteiger partial charge in [0.1, 0.15) is 0 Å². The second-order valence-electron chi connectivity index (χ2n) is 9.74. The second-order valence-corrected chi connectivity index (χ2v) is 13.3. The number of hydrogen-bond donors (Lipinski definition) is 2. The number of carbonyl (C=O) groups is 1. The fourth-order valence-corrected chi connectivity index (χ4v) is 8.51. The fourth-order valence-electron chi connectivity index (χ4n) is 5.70. The summed E-state index contributed by atoms with van der Waals surface area (Å²) in [4.78, 5) is 24.2. The number of amides is 1. The van der Waals surface area contributed by atoms with Gasteiger partial charge in [-0.15, -0.1) is 0 Å². The van der Waals surface area contributed by atoms with Gasteiger partial charge in [0.2, 0.25) is 0 Å². The summed E-state index contributed by atoms with van der Waals surface area (Å²) < 4.78 is 23.1. The van der Waals surface area contributed by atoms with E-state index in [-0.39, 0.29) is 35.5 Å². The van der Waals surface area contributed by atoms with Crippen LogP contribution in [0.15, 0.2) is 41.8 Å². The first-order valence-electron chi connectivity index (χ1n) is 12.5. The van der Waals surface area contributed by atoms with E-state index < -0.39 is 15.8 Å². The molecule has 3 aromatic rings. The molecule has 3 N–H and O–H groups in total. The number of nitrogens with two attached hydrogens (primary N) is 1. The molecule has 1 amide bonds. The predicted octanol–water partition coefficient (Wildman–Crippen LogP) is 1.78. The first kappa shape index (κ1) is 23.9. The van der Waals surface area contributed by atoms with Gasteiger partial charge in [-0.05, 0) is 0 Å². The van der Waals surface area contributed by atoms with Crippen molar-refractivity contribution in [2.45, 2.75) is 25.3 Å². The van der Waals surface area contributed by atoms with Crippen LogP contribution < -0.4 is 24.8 Å². The normalized spacial score (nSPS) is 25.5. The quantitative estimate of drug-likeness (QED) is 0.302. The molecule has 36 heavy (non-hydrogen) atoms. The minimum atomic E-state index is -0.975. The summed E-state index contributed by atoms with van der Waals surface area (Å²) in [5, 5.41) is 5.55. The van der Waals surface area contributed by atoms with Crippen molar-refractivity contribution in [2.24, 2.45) is 23.5 Å². The van der Waals surface area contributed by atoms with Gasteiger partial charge in [0.05, 0.1) is 0 Å². The molecule has 2 fully saturated rings. The molecule has 5 unspecified atom stereocenters. The number of benzene rings is 1. The van der Waals surface area contributed by atoms with Gasteiger partial charge in [0.15, 0.2) is 0 Å². The maximum absolute atomic E-state index is 14.8. The molecule has 2 aliphatic carbocycles. The number of thiophene rings is 1. The van der Waals surface area contributed by atoms with Gasteiger partial charge < -0.3 is 0 Å². The number of carbonyl (C=O) groups excluding carboxylic acids is 1. The summed E-state index contributed by atoms with van der Waals surface area (Å²) in [6.07, 6.45) is 7.70. The predicted molar refractivity (Wildman–Crippen MR) is 142 cm³/mol. The van der Waals surface area contributed by atoms with Crippen molar-refractivity contribution in [1.82, 2.24) is 14.9 Å². The Bertz CT molecular complexity index is 1310. The third-order valence-electron chi connectivity index (χ3n) is 7.45. The fraction of sp³-hybridized carbons (Fsp3) is 0.423. The Morgan fingerprint density at radius 1 is 1.22 bits per heavy atom. The van der Waals surface area contributed by atoms with Crippen molar-refractivity contribution in [3.05, 3.63) is 47.6 Å². The zero-order chi connectivity index (χ0) is 24.6. The zero-order valence-electron chi connectivity index (χ0n) is 19.8. The first-order chi connectivity index (χ1) is 17.5. The van der Waals surface area contributed by atoms with E-state index in [0.29, 0.717) is 12.4 Å². The van der Waals surface area contributed by atoms with Crippen LogP contribution in [0, 0.1) is 23.6 Å². The Balaban J connectivity index is 1.18. The average Bonchev–Trinajstić information content (AvgIpc) is 3.65. The number of fused-ring (bicyclic) bond motifs is 3. The topological polar surface area (TPSA) is 93.4 Å². The van der Waals surface area contributed by atoms with E-state index in [2.05, 4.69) is 22.4 Å². The van der Waals surface area contributed by atoms with Crippen LogP contribution in [0.2, 0.25) is 0 Å². The van der Waals surface area contributed by atoms with Gasteiger partial charge in [-0.25, -0.2) is 0 Å². The summed E-state index contributed by atoms with van der Waals surface area (Å²) in [7, 11) is 0. The molecule has 5 atom stereocenters. The van der Waals surface area contributed by atoms with E-state index >= 15 is 0 Å². The number of hydrogen-bond acceptors (Lipinski definition) is 7. The Kier molecular flexibility index (Phi) is 6.71. The number of halogens is 1. The molecule has 10 heteroatoms. The van der Waals surface area contributed by atoms with Crippen LogP contribution in [0.5, 0.6) is 5.75 Å². The van der Waals surface area contributed by atoms with E-state index in [1.165, 1.54) is 12.8 Å². The molecule has 3 aliphatic rings.